The number of carbonyl (C=O) groups is 1. The second kappa shape index (κ2) is 5.85. The second-order valence-electron chi connectivity index (χ2n) is 5.13. The Bertz CT molecular complexity index is 970. The van der Waals surface area contributed by atoms with Gasteiger partial charge in [-0.2, -0.15) is 0 Å². The van der Waals surface area contributed by atoms with Crippen LogP contribution < -0.4 is 9.62 Å². The Kier molecular flexibility index (Phi) is 3.98. The molecule has 0 aromatic heterocycles. The average Bonchev–Trinajstić information content (AvgIpc) is 2.53. The van der Waals surface area contributed by atoms with Crippen LogP contribution in [0.1, 0.15) is 5.56 Å². The van der Waals surface area contributed by atoms with Crippen LogP contribution in [0.2, 0.25) is 5.02 Å². The number of rotatable bonds is 2. The first kappa shape index (κ1) is 16.4. The smallest absolute Gasteiger partial charge is 0.273 e. The number of para-hydroxylation sites is 1. The number of carbonyl (C=O) groups excluding carboxylic acids is 1. The molecule has 0 radical (unpaired) electrons. The van der Waals surface area contributed by atoms with E-state index in [1.807, 2.05) is 0 Å². The molecule has 2 aromatic rings. The van der Waals surface area contributed by atoms with E-state index in [-0.39, 0.29) is 5.56 Å². The highest BCUT2D eigenvalue weighted by Crippen LogP contribution is 2.37. The predicted octanol–water partition coefficient (Wildman–Crippen LogP) is 2.98. The van der Waals surface area contributed by atoms with Crippen LogP contribution in [0.3, 0.4) is 0 Å². The number of halogens is 1. The lowest BCUT2D eigenvalue weighted by Gasteiger charge is -2.28. The van der Waals surface area contributed by atoms with Gasteiger partial charge in [-0.25, -0.2) is 8.42 Å². The number of fused-ring (bicyclic) bond motifs is 1. The molecular weight excluding hydrogens is 352 g/mol. The number of aliphatic hydroxyl groups excluding tert-OH is 1. The quantitative estimate of drug-likeness (QED) is 0.857. The summed E-state index contributed by atoms with van der Waals surface area (Å²) in [7, 11) is -2.85. The maximum atomic E-state index is 12.6. The summed E-state index contributed by atoms with van der Waals surface area (Å²) in [5, 5.41) is 13.2. The van der Waals surface area contributed by atoms with Gasteiger partial charge in [0, 0.05) is 23.3 Å². The number of nitrogens with one attached hydrogen (secondary N) is 1. The van der Waals surface area contributed by atoms with E-state index in [1.54, 1.807) is 42.5 Å². The Morgan fingerprint density at radius 1 is 1.17 bits per heavy atom. The maximum absolute atomic E-state index is 12.6. The molecule has 8 heteroatoms. The van der Waals surface area contributed by atoms with Crippen molar-refractivity contribution in [3.8, 4) is 0 Å². The predicted molar refractivity (Wildman–Crippen MR) is 93.4 cm³/mol. The van der Waals surface area contributed by atoms with Crippen LogP contribution in [0.15, 0.2) is 53.4 Å². The zero-order valence-corrected chi connectivity index (χ0v) is 14.1. The van der Waals surface area contributed by atoms with E-state index in [0.29, 0.717) is 16.4 Å². The van der Waals surface area contributed by atoms with Gasteiger partial charge in [0.2, 0.25) is 0 Å². The number of amides is 1. The van der Waals surface area contributed by atoms with Crippen molar-refractivity contribution in [2.24, 2.45) is 0 Å². The molecule has 6 nitrogen and oxygen atoms in total. The van der Waals surface area contributed by atoms with Crippen molar-refractivity contribution < 1.29 is 18.3 Å². The van der Waals surface area contributed by atoms with Gasteiger partial charge in [0.1, 0.15) is 0 Å². The molecular formula is C16H13ClN2O4S. The van der Waals surface area contributed by atoms with Crippen molar-refractivity contribution in [1.82, 2.24) is 0 Å². The lowest BCUT2D eigenvalue weighted by atomic mass is 10.1. The highest BCUT2D eigenvalue weighted by molar-refractivity contribution is 7.97. The van der Waals surface area contributed by atoms with Crippen molar-refractivity contribution in [3.63, 3.8) is 0 Å². The average molecular weight is 365 g/mol. The normalized spacial score (nSPS) is 15.8. The van der Waals surface area contributed by atoms with Crippen LogP contribution in [0.25, 0.3) is 5.76 Å². The van der Waals surface area contributed by atoms with E-state index in [9.17, 15) is 18.3 Å². The summed E-state index contributed by atoms with van der Waals surface area (Å²) in [6, 6.07) is 12.7. The summed E-state index contributed by atoms with van der Waals surface area (Å²) in [4.78, 5) is 11.8. The summed E-state index contributed by atoms with van der Waals surface area (Å²) in [5.74, 6) is -1.51. The minimum atomic E-state index is -4.18. The van der Waals surface area contributed by atoms with E-state index in [2.05, 4.69) is 5.32 Å². The number of sulfonamides is 1. The molecule has 124 valence electrons. The van der Waals surface area contributed by atoms with Gasteiger partial charge >= 0.3 is 0 Å². The van der Waals surface area contributed by atoms with E-state index in [4.69, 9.17) is 11.6 Å². The number of benzene rings is 2. The summed E-state index contributed by atoms with van der Waals surface area (Å²) < 4.78 is 26.2. The second-order valence-corrected chi connectivity index (χ2v) is 7.47. The zero-order chi connectivity index (χ0) is 17.5. The van der Waals surface area contributed by atoms with Crippen molar-refractivity contribution in [2.75, 3.05) is 16.7 Å². The van der Waals surface area contributed by atoms with E-state index >= 15 is 0 Å². The van der Waals surface area contributed by atoms with Crippen LogP contribution >= 0.6 is 11.6 Å². The first-order valence-corrected chi connectivity index (χ1v) is 8.72. The zero-order valence-electron chi connectivity index (χ0n) is 12.5. The Labute approximate surface area is 144 Å². The molecule has 0 unspecified atom stereocenters. The van der Waals surface area contributed by atoms with E-state index in [0.717, 1.165) is 4.31 Å². The molecule has 0 spiro atoms. The molecule has 1 aliphatic heterocycles. The summed E-state index contributed by atoms with van der Waals surface area (Å²) >= 11 is 5.85. The number of nitrogens with zero attached hydrogens (tertiary/aromatic N) is 1. The van der Waals surface area contributed by atoms with Gasteiger partial charge in [0.15, 0.2) is 10.7 Å². The van der Waals surface area contributed by atoms with Crippen molar-refractivity contribution in [2.45, 2.75) is 0 Å². The molecule has 0 saturated heterocycles. The Hall–Kier alpha value is -2.51. The molecule has 0 saturated carbocycles. The first-order valence-electron chi connectivity index (χ1n) is 6.91. The lowest BCUT2D eigenvalue weighted by molar-refractivity contribution is -0.112. The summed E-state index contributed by atoms with van der Waals surface area (Å²) in [5.41, 5.74) is 0.893. The third kappa shape index (κ3) is 2.61. The van der Waals surface area contributed by atoms with Gasteiger partial charge in [0.25, 0.3) is 15.9 Å². The Morgan fingerprint density at radius 3 is 2.58 bits per heavy atom. The minimum absolute atomic E-state index is 0.270. The minimum Gasteiger partial charge on any atom is -0.506 e. The lowest BCUT2D eigenvalue weighted by Crippen LogP contribution is -2.37. The molecule has 1 aliphatic rings. The molecule has 0 bridgehead atoms. The number of anilines is 2. The highest BCUT2D eigenvalue weighted by atomic mass is 35.5. The number of aliphatic hydroxyl groups is 1. The van der Waals surface area contributed by atoms with Crippen LogP contribution in [0.4, 0.5) is 11.4 Å². The third-order valence-electron chi connectivity index (χ3n) is 3.62. The van der Waals surface area contributed by atoms with Crippen LogP contribution in [0.5, 0.6) is 0 Å². The van der Waals surface area contributed by atoms with Crippen molar-refractivity contribution in [1.29, 1.82) is 0 Å². The summed E-state index contributed by atoms with van der Waals surface area (Å²) in [6.07, 6.45) is 0. The molecule has 1 amide bonds. The van der Waals surface area contributed by atoms with Gasteiger partial charge in [-0.1, -0.05) is 29.8 Å². The van der Waals surface area contributed by atoms with Gasteiger partial charge < -0.3 is 10.4 Å². The van der Waals surface area contributed by atoms with Crippen molar-refractivity contribution >= 4 is 44.7 Å². The molecule has 0 atom stereocenters. The van der Waals surface area contributed by atoms with Crippen molar-refractivity contribution in [3.05, 3.63) is 64.0 Å². The fourth-order valence-corrected chi connectivity index (χ4v) is 3.96. The fraction of sp³-hybridized carbons (Fsp3) is 0.0625. The molecule has 0 fully saturated rings. The standard InChI is InChI=1S/C16H13ClN2O4S/c1-19-13-8-3-2-7-12(13)14(20)15(24(19,22)23)16(21)18-11-6-4-5-10(17)9-11/h2-9,20H,1H3,(H,18,21). The van der Waals surface area contributed by atoms with Crippen LogP contribution in [-0.2, 0) is 14.8 Å². The number of hydrogen-bond donors (Lipinski definition) is 2. The van der Waals surface area contributed by atoms with E-state index < -0.39 is 26.6 Å². The molecule has 3 rings (SSSR count). The molecule has 1 heterocycles. The van der Waals surface area contributed by atoms with Crippen LogP contribution in [-0.4, -0.2) is 26.5 Å². The summed E-state index contributed by atoms with van der Waals surface area (Å²) in [6.45, 7) is 0. The third-order valence-corrected chi connectivity index (χ3v) is 5.67. The van der Waals surface area contributed by atoms with Gasteiger partial charge in [0.05, 0.1) is 5.69 Å². The molecule has 2 N–H and O–H groups in total. The molecule has 2 aromatic carbocycles. The van der Waals surface area contributed by atoms with Gasteiger partial charge in [-0.15, -0.1) is 0 Å². The largest absolute Gasteiger partial charge is 0.506 e. The monoisotopic (exact) mass is 364 g/mol. The molecule has 0 aliphatic carbocycles. The molecule has 24 heavy (non-hydrogen) atoms. The SMILES string of the molecule is CN1c2ccccc2C(O)=C(C(=O)Nc2cccc(Cl)c2)S1(=O)=O. The Balaban J connectivity index is 2.09. The topological polar surface area (TPSA) is 86.7 Å². The van der Waals surface area contributed by atoms with Gasteiger partial charge in [-0.3, -0.25) is 9.10 Å². The fourth-order valence-electron chi connectivity index (χ4n) is 2.44. The van der Waals surface area contributed by atoms with Crippen LogP contribution in [0, 0.1) is 0 Å². The van der Waals surface area contributed by atoms with E-state index in [1.165, 1.54) is 13.1 Å². The Morgan fingerprint density at radius 2 is 1.88 bits per heavy atom. The maximum Gasteiger partial charge on any atom is 0.273 e. The van der Waals surface area contributed by atoms with Gasteiger partial charge in [-0.05, 0) is 30.3 Å². The first-order chi connectivity index (χ1) is 11.3. The number of hydrogen-bond acceptors (Lipinski definition) is 4. The highest BCUT2D eigenvalue weighted by Gasteiger charge is 2.39.